The van der Waals surface area contributed by atoms with Crippen molar-refractivity contribution in [3.8, 4) is 11.1 Å². The number of pyridine rings is 2. The molecule has 5 heteroatoms. The van der Waals surface area contributed by atoms with Gasteiger partial charge in [0.25, 0.3) is 0 Å². The Kier molecular flexibility index (Phi) is 4.91. The van der Waals surface area contributed by atoms with Crippen LogP contribution in [0.2, 0.25) is 5.15 Å². The Labute approximate surface area is 150 Å². The van der Waals surface area contributed by atoms with E-state index in [-0.39, 0.29) is 11.7 Å². The Balaban J connectivity index is 2.45. The predicted molar refractivity (Wildman–Crippen MR) is 99.1 cm³/mol. The first-order valence-electron chi connectivity index (χ1n) is 7.89. The second-order valence-electron chi connectivity index (χ2n) is 5.95. The first-order chi connectivity index (χ1) is 12.0. The van der Waals surface area contributed by atoms with Crippen molar-refractivity contribution in [2.75, 3.05) is 0 Å². The van der Waals surface area contributed by atoms with Gasteiger partial charge in [-0.2, -0.15) is 0 Å². The van der Waals surface area contributed by atoms with E-state index < -0.39 is 0 Å². The maximum atomic E-state index is 13.4. The standard InChI is InChI=1S/C20H16ClFN2O/c1-12(2)19-15(4-3-11-25)18(13-5-7-14(22)8-6-13)16-9-10-17(21)23-20(16)24-19/h3-12H,1-2H3/b4-3+. The second-order valence-corrected chi connectivity index (χ2v) is 6.33. The highest BCUT2D eigenvalue weighted by atomic mass is 35.5. The lowest BCUT2D eigenvalue weighted by molar-refractivity contribution is -0.104. The summed E-state index contributed by atoms with van der Waals surface area (Å²) in [7, 11) is 0. The molecule has 0 fully saturated rings. The molecule has 3 aromatic rings. The quantitative estimate of drug-likeness (QED) is 0.356. The molecule has 0 saturated heterocycles. The van der Waals surface area contributed by atoms with Crippen LogP contribution in [0.1, 0.15) is 31.0 Å². The van der Waals surface area contributed by atoms with Crippen LogP contribution in [0.4, 0.5) is 4.39 Å². The Morgan fingerprint density at radius 3 is 2.44 bits per heavy atom. The zero-order valence-corrected chi connectivity index (χ0v) is 14.6. The molecule has 0 bridgehead atoms. The Morgan fingerprint density at radius 1 is 1.08 bits per heavy atom. The smallest absolute Gasteiger partial charge is 0.161 e. The van der Waals surface area contributed by atoms with Gasteiger partial charge in [0.05, 0.1) is 5.69 Å². The minimum atomic E-state index is -0.308. The number of fused-ring (bicyclic) bond motifs is 1. The lowest BCUT2D eigenvalue weighted by Crippen LogP contribution is -2.02. The second kappa shape index (κ2) is 7.11. The summed E-state index contributed by atoms with van der Waals surface area (Å²) in [5.74, 6) is -0.201. The van der Waals surface area contributed by atoms with E-state index in [9.17, 15) is 9.18 Å². The van der Waals surface area contributed by atoms with Crippen LogP contribution in [0.25, 0.3) is 28.2 Å². The number of aromatic nitrogens is 2. The fourth-order valence-electron chi connectivity index (χ4n) is 2.83. The van der Waals surface area contributed by atoms with Gasteiger partial charge in [0.2, 0.25) is 0 Å². The van der Waals surface area contributed by atoms with Gasteiger partial charge in [0, 0.05) is 16.5 Å². The minimum absolute atomic E-state index is 0.107. The average Bonchev–Trinajstić information content (AvgIpc) is 2.59. The summed E-state index contributed by atoms with van der Waals surface area (Å²) in [5, 5.41) is 1.15. The molecule has 2 heterocycles. The van der Waals surface area contributed by atoms with Crippen LogP contribution in [0, 0.1) is 5.82 Å². The van der Waals surface area contributed by atoms with Gasteiger partial charge < -0.3 is 0 Å². The van der Waals surface area contributed by atoms with E-state index in [1.807, 2.05) is 19.9 Å². The van der Waals surface area contributed by atoms with Gasteiger partial charge in [-0.3, -0.25) is 4.79 Å². The molecule has 0 radical (unpaired) electrons. The van der Waals surface area contributed by atoms with E-state index in [0.29, 0.717) is 10.8 Å². The third-order valence-corrected chi connectivity index (χ3v) is 4.11. The highest BCUT2D eigenvalue weighted by molar-refractivity contribution is 6.29. The maximum Gasteiger partial charge on any atom is 0.161 e. The van der Waals surface area contributed by atoms with Crippen molar-refractivity contribution in [2.24, 2.45) is 0 Å². The van der Waals surface area contributed by atoms with Crippen LogP contribution in [0.5, 0.6) is 0 Å². The number of hydrogen-bond acceptors (Lipinski definition) is 3. The lowest BCUT2D eigenvalue weighted by Gasteiger charge is -2.17. The number of hydrogen-bond donors (Lipinski definition) is 0. The van der Waals surface area contributed by atoms with Gasteiger partial charge in [-0.25, -0.2) is 14.4 Å². The van der Waals surface area contributed by atoms with E-state index in [1.54, 1.807) is 24.3 Å². The van der Waals surface area contributed by atoms with Crippen molar-refractivity contribution in [1.29, 1.82) is 0 Å². The number of nitrogens with zero attached hydrogens (tertiary/aromatic N) is 2. The van der Waals surface area contributed by atoms with Crippen LogP contribution in [0.3, 0.4) is 0 Å². The molecule has 0 aliphatic heterocycles. The number of rotatable bonds is 4. The van der Waals surface area contributed by atoms with E-state index in [4.69, 9.17) is 11.6 Å². The first kappa shape index (κ1) is 17.2. The summed E-state index contributed by atoms with van der Waals surface area (Å²) in [5.41, 5.74) is 3.84. The number of carbonyl (C=O) groups is 1. The van der Waals surface area contributed by atoms with Gasteiger partial charge in [-0.1, -0.05) is 37.6 Å². The fourth-order valence-corrected chi connectivity index (χ4v) is 2.97. The number of aldehydes is 1. The van der Waals surface area contributed by atoms with Crippen LogP contribution in [0.15, 0.2) is 42.5 Å². The van der Waals surface area contributed by atoms with Crippen molar-refractivity contribution >= 4 is 35.0 Å². The normalized spacial score (nSPS) is 11.6. The van der Waals surface area contributed by atoms with Gasteiger partial charge in [0.15, 0.2) is 5.65 Å². The molecule has 0 saturated carbocycles. The summed E-state index contributed by atoms with van der Waals surface area (Å²) in [6.45, 7) is 4.04. The molecule has 3 nitrogen and oxygen atoms in total. The highest BCUT2D eigenvalue weighted by Gasteiger charge is 2.18. The average molecular weight is 355 g/mol. The molecule has 126 valence electrons. The molecule has 1 aromatic carbocycles. The van der Waals surface area contributed by atoms with Crippen LogP contribution in [-0.4, -0.2) is 16.3 Å². The Morgan fingerprint density at radius 2 is 1.80 bits per heavy atom. The van der Waals surface area contributed by atoms with Gasteiger partial charge in [0.1, 0.15) is 17.3 Å². The van der Waals surface area contributed by atoms with Crippen LogP contribution < -0.4 is 0 Å². The summed E-state index contributed by atoms with van der Waals surface area (Å²) in [4.78, 5) is 19.9. The molecule has 0 spiro atoms. The molecule has 0 amide bonds. The van der Waals surface area contributed by atoms with Crippen molar-refractivity contribution in [1.82, 2.24) is 9.97 Å². The van der Waals surface area contributed by atoms with Crippen LogP contribution >= 0.6 is 11.6 Å². The van der Waals surface area contributed by atoms with E-state index in [0.717, 1.165) is 34.1 Å². The third-order valence-electron chi connectivity index (χ3n) is 3.90. The van der Waals surface area contributed by atoms with Crippen molar-refractivity contribution in [3.63, 3.8) is 0 Å². The monoisotopic (exact) mass is 354 g/mol. The van der Waals surface area contributed by atoms with E-state index >= 15 is 0 Å². The first-order valence-corrected chi connectivity index (χ1v) is 8.27. The number of allylic oxidation sites excluding steroid dienone is 1. The van der Waals surface area contributed by atoms with Crippen LogP contribution in [-0.2, 0) is 4.79 Å². The van der Waals surface area contributed by atoms with Crippen molar-refractivity contribution in [2.45, 2.75) is 19.8 Å². The van der Waals surface area contributed by atoms with E-state index in [1.165, 1.54) is 18.2 Å². The van der Waals surface area contributed by atoms with Crippen molar-refractivity contribution < 1.29 is 9.18 Å². The van der Waals surface area contributed by atoms with Gasteiger partial charge in [-0.05, 0) is 47.9 Å². The molecular weight excluding hydrogens is 339 g/mol. The minimum Gasteiger partial charge on any atom is -0.299 e. The molecule has 0 atom stereocenters. The highest BCUT2D eigenvalue weighted by Crippen LogP contribution is 2.36. The maximum absolute atomic E-state index is 13.4. The van der Waals surface area contributed by atoms with Gasteiger partial charge >= 0.3 is 0 Å². The largest absolute Gasteiger partial charge is 0.299 e. The van der Waals surface area contributed by atoms with Gasteiger partial charge in [-0.15, -0.1) is 0 Å². The molecule has 0 unspecified atom stereocenters. The molecular formula is C20H16ClFN2O. The molecule has 25 heavy (non-hydrogen) atoms. The van der Waals surface area contributed by atoms with E-state index in [2.05, 4.69) is 9.97 Å². The number of carbonyl (C=O) groups excluding carboxylic acids is 1. The van der Waals surface area contributed by atoms with Crippen molar-refractivity contribution in [3.05, 3.63) is 64.7 Å². The molecule has 0 aliphatic rings. The SMILES string of the molecule is CC(C)c1nc2nc(Cl)ccc2c(-c2ccc(F)cc2)c1/C=C/C=O. The zero-order chi connectivity index (χ0) is 18.0. The summed E-state index contributed by atoms with van der Waals surface area (Å²) in [6, 6.07) is 9.78. The molecule has 2 aromatic heterocycles. The molecule has 0 N–H and O–H groups in total. The lowest BCUT2D eigenvalue weighted by atomic mass is 9.91. The molecule has 0 aliphatic carbocycles. The summed E-state index contributed by atoms with van der Waals surface area (Å²) in [6.07, 6.45) is 3.90. The number of benzene rings is 1. The predicted octanol–water partition coefficient (Wildman–Crippen LogP) is 5.42. The number of halogens is 2. The Hall–Kier alpha value is -2.59. The Bertz CT molecular complexity index is 966. The summed E-state index contributed by atoms with van der Waals surface area (Å²) >= 11 is 6.03. The summed E-state index contributed by atoms with van der Waals surface area (Å²) < 4.78 is 13.4. The fraction of sp³-hybridized carbons (Fsp3) is 0.150. The zero-order valence-electron chi connectivity index (χ0n) is 13.8. The molecule has 3 rings (SSSR count). The third kappa shape index (κ3) is 3.44. The topological polar surface area (TPSA) is 42.9 Å².